The smallest absolute Gasteiger partial charge is 0.228 e. The molecule has 1 atom stereocenters. The van der Waals surface area contributed by atoms with Crippen LogP contribution in [-0.2, 0) is 16.1 Å². The van der Waals surface area contributed by atoms with Crippen LogP contribution in [0.25, 0.3) is 11.2 Å². The van der Waals surface area contributed by atoms with Gasteiger partial charge in [0.2, 0.25) is 11.8 Å². The fraction of sp³-hybridized carbons (Fsp3) is 0.308. The summed E-state index contributed by atoms with van der Waals surface area (Å²) >= 11 is 0. The molecule has 2 aliphatic heterocycles. The predicted octanol–water partition coefficient (Wildman–Crippen LogP) is 1.97. The number of aromatic nitrogens is 5. The van der Waals surface area contributed by atoms with Crippen LogP contribution < -0.4 is 9.80 Å². The van der Waals surface area contributed by atoms with E-state index in [0.717, 1.165) is 17.1 Å². The average molecular weight is 483 g/mol. The van der Waals surface area contributed by atoms with E-state index in [1.165, 1.54) is 0 Å². The van der Waals surface area contributed by atoms with E-state index in [1.807, 2.05) is 65.6 Å². The van der Waals surface area contributed by atoms with Gasteiger partial charge in [-0.2, -0.15) is 0 Å². The molecule has 36 heavy (non-hydrogen) atoms. The molecule has 10 heteroatoms. The zero-order valence-electron chi connectivity index (χ0n) is 19.8. The van der Waals surface area contributed by atoms with Crippen molar-refractivity contribution < 1.29 is 9.59 Å². The number of rotatable bonds is 5. The molecule has 0 unspecified atom stereocenters. The minimum absolute atomic E-state index is 0.000141. The van der Waals surface area contributed by atoms with Crippen molar-refractivity contribution in [3.05, 3.63) is 72.6 Å². The highest BCUT2D eigenvalue weighted by molar-refractivity contribution is 6.00. The van der Waals surface area contributed by atoms with Gasteiger partial charge in [0.1, 0.15) is 6.33 Å². The molecule has 2 aromatic carbocycles. The number of hydrogen-bond acceptors (Lipinski definition) is 7. The molecule has 2 fully saturated rings. The molecule has 0 radical (unpaired) electrons. The summed E-state index contributed by atoms with van der Waals surface area (Å²) in [6.07, 6.45) is 1.80. The van der Waals surface area contributed by atoms with E-state index in [0.29, 0.717) is 50.4 Å². The lowest BCUT2D eigenvalue weighted by Crippen LogP contribution is -2.51. The molecule has 6 rings (SSSR count). The number of carbonyl (C=O) groups excluding carboxylic acids is 2. The molecule has 0 spiro atoms. The third-order valence-electron chi connectivity index (χ3n) is 6.89. The first kappa shape index (κ1) is 22.1. The summed E-state index contributed by atoms with van der Waals surface area (Å²) in [7, 11) is 0. The van der Waals surface area contributed by atoms with Crippen LogP contribution >= 0.6 is 0 Å². The lowest BCUT2D eigenvalue weighted by atomic mass is 10.1. The van der Waals surface area contributed by atoms with Gasteiger partial charge in [0, 0.05) is 44.8 Å². The van der Waals surface area contributed by atoms with Gasteiger partial charge >= 0.3 is 0 Å². The Hall–Kier alpha value is -4.34. The number of amides is 2. The topological polar surface area (TPSA) is 100 Å². The lowest BCUT2D eigenvalue weighted by Gasteiger charge is -2.36. The van der Waals surface area contributed by atoms with Gasteiger partial charge < -0.3 is 14.7 Å². The first-order valence-corrected chi connectivity index (χ1v) is 12.1. The van der Waals surface area contributed by atoms with Crippen molar-refractivity contribution in [2.24, 2.45) is 5.92 Å². The molecule has 0 saturated carbocycles. The highest BCUT2D eigenvalue weighted by Gasteiger charge is 2.38. The van der Waals surface area contributed by atoms with Gasteiger partial charge in [-0.3, -0.25) is 9.59 Å². The van der Waals surface area contributed by atoms with E-state index in [9.17, 15) is 9.59 Å². The summed E-state index contributed by atoms with van der Waals surface area (Å²) in [6, 6.07) is 19.6. The van der Waals surface area contributed by atoms with Crippen LogP contribution in [0.4, 0.5) is 11.5 Å². The number of hydrogen-bond donors (Lipinski definition) is 0. The van der Waals surface area contributed by atoms with Gasteiger partial charge in [-0.05, 0) is 17.7 Å². The van der Waals surface area contributed by atoms with Crippen molar-refractivity contribution in [1.29, 1.82) is 0 Å². The summed E-state index contributed by atoms with van der Waals surface area (Å²) in [5.41, 5.74) is 3.31. The summed E-state index contributed by atoms with van der Waals surface area (Å²) < 4.78 is 1.78. The number of fused-ring (bicyclic) bond motifs is 1. The van der Waals surface area contributed by atoms with Crippen molar-refractivity contribution in [3.63, 3.8) is 0 Å². The fourth-order valence-corrected chi connectivity index (χ4v) is 5.00. The average Bonchev–Trinajstić information content (AvgIpc) is 3.53. The second-order valence-electron chi connectivity index (χ2n) is 9.16. The van der Waals surface area contributed by atoms with Crippen LogP contribution in [0.2, 0.25) is 0 Å². The molecular weight excluding hydrogens is 456 g/mol. The predicted molar refractivity (Wildman–Crippen MR) is 134 cm³/mol. The van der Waals surface area contributed by atoms with E-state index in [-0.39, 0.29) is 24.2 Å². The Balaban J connectivity index is 1.12. The van der Waals surface area contributed by atoms with Crippen LogP contribution in [0, 0.1) is 5.92 Å². The molecule has 0 N–H and O–H groups in total. The zero-order valence-corrected chi connectivity index (χ0v) is 19.8. The van der Waals surface area contributed by atoms with Crippen LogP contribution in [0.5, 0.6) is 0 Å². The Morgan fingerprint density at radius 3 is 2.39 bits per heavy atom. The Morgan fingerprint density at radius 2 is 1.64 bits per heavy atom. The number of anilines is 2. The lowest BCUT2D eigenvalue weighted by molar-refractivity contribution is -0.136. The Morgan fingerprint density at radius 1 is 0.917 bits per heavy atom. The van der Waals surface area contributed by atoms with E-state index >= 15 is 0 Å². The summed E-state index contributed by atoms with van der Waals surface area (Å²) in [5.74, 6) is 0.467. The third-order valence-corrected chi connectivity index (χ3v) is 6.89. The molecule has 10 nitrogen and oxygen atoms in total. The number of para-hydroxylation sites is 1. The van der Waals surface area contributed by atoms with E-state index in [4.69, 9.17) is 0 Å². The molecule has 2 aliphatic rings. The molecule has 4 aromatic rings. The molecular formula is C26H26N8O2. The maximum atomic E-state index is 13.2. The molecule has 4 heterocycles. The largest absolute Gasteiger partial charge is 0.351 e. The number of nitrogens with zero attached hydrogens (tertiary/aromatic N) is 8. The first-order valence-electron chi connectivity index (χ1n) is 12.1. The summed E-state index contributed by atoms with van der Waals surface area (Å²) in [6.45, 7) is 3.41. The summed E-state index contributed by atoms with van der Waals surface area (Å²) in [5, 5.41) is 8.69. The van der Waals surface area contributed by atoms with Gasteiger partial charge in [0.15, 0.2) is 17.0 Å². The Bertz CT molecular complexity index is 1380. The molecule has 2 saturated heterocycles. The first-order chi connectivity index (χ1) is 17.7. The molecule has 0 bridgehead atoms. The monoisotopic (exact) mass is 482 g/mol. The molecule has 2 aromatic heterocycles. The second-order valence-corrected chi connectivity index (χ2v) is 9.16. The van der Waals surface area contributed by atoms with Crippen LogP contribution in [0.3, 0.4) is 0 Å². The van der Waals surface area contributed by atoms with Gasteiger partial charge in [-0.1, -0.05) is 53.7 Å². The van der Waals surface area contributed by atoms with Gasteiger partial charge in [-0.15, -0.1) is 5.10 Å². The minimum Gasteiger partial charge on any atom is -0.351 e. The standard InChI is InChI=1S/C26H26N8O2/c35-22-15-20(17-33(22)21-9-5-2-6-10-21)26(36)32-13-11-31(12-14-32)24-23-25(28-18-27-24)34(30-29-23)16-19-7-3-1-4-8-19/h1-10,18,20H,11-17H2/t20-/m1/s1. The summed E-state index contributed by atoms with van der Waals surface area (Å²) in [4.78, 5) is 40.4. The molecule has 2 amide bonds. The number of benzene rings is 2. The number of carbonyl (C=O) groups is 2. The second kappa shape index (κ2) is 9.37. The zero-order chi connectivity index (χ0) is 24.5. The van der Waals surface area contributed by atoms with Gasteiger partial charge in [0.25, 0.3) is 0 Å². The molecule has 0 aliphatic carbocycles. The Kier molecular flexibility index (Phi) is 5.76. The van der Waals surface area contributed by atoms with Crippen molar-refractivity contribution in [2.75, 3.05) is 42.5 Å². The maximum Gasteiger partial charge on any atom is 0.228 e. The van der Waals surface area contributed by atoms with Crippen LogP contribution in [0.15, 0.2) is 67.0 Å². The fourth-order valence-electron chi connectivity index (χ4n) is 5.00. The normalized spacial score (nSPS) is 18.3. The van der Waals surface area contributed by atoms with Crippen molar-refractivity contribution in [2.45, 2.75) is 13.0 Å². The van der Waals surface area contributed by atoms with Gasteiger partial charge in [-0.25, -0.2) is 14.6 Å². The SMILES string of the molecule is O=C([C@@H]1CC(=O)N(c2ccccc2)C1)N1CCN(c2ncnc3c2nnn3Cc2ccccc2)CC1. The van der Waals surface area contributed by atoms with Crippen LogP contribution in [0.1, 0.15) is 12.0 Å². The molecule has 182 valence electrons. The van der Waals surface area contributed by atoms with Crippen molar-refractivity contribution in [3.8, 4) is 0 Å². The maximum absolute atomic E-state index is 13.2. The highest BCUT2D eigenvalue weighted by Crippen LogP contribution is 2.27. The minimum atomic E-state index is -0.312. The Labute approximate surface area is 208 Å². The van der Waals surface area contributed by atoms with Crippen molar-refractivity contribution >= 4 is 34.5 Å². The van der Waals surface area contributed by atoms with E-state index < -0.39 is 0 Å². The van der Waals surface area contributed by atoms with Crippen molar-refractivity contribution in [1.82, 2.24) is 29.9 Å². The van der Waals surface area contributed by atoms with E-state index in [1.54, 1.807) is 15.9 Å². The highest BCUT2D eigenvalue weighted by atomic mass is 16.2. The van der Waals surface area contributed by atoms with Crippen LogP contribution in [-0.4, -0.2) is 74.4 Å². The number of piperazine rings is 1. The van der Waals surface area contributed by atoms with Gasteiger partial charge in [0.05, 0.1) is 12.5 Å². The quantitative estimate of drug-likeness (QED) is 0.429. The third kappa shape index (κ3) is 4.15. The van der Waals surface area contributed by atoms with E-state index in [2.05, 4.69) is 25.2 Å².